The highest BCUT2D eigenvalue weighted by Gasteiger charge is 2.15. The summed E-state index contributed by atoms with van der Waals surface area (Å²) in [6.45, 7) is 7.89. The normalized spacial score (nSPS) is 18.3. The third-order valence-electron chi connectivity index (χ3n) is 3.20. The number of pyridine rings is 1. The average Bonchev–Trinajstić information content (AvgIpc) is 2.77. The van der Waals surface area contributed by atoms with Crippen LogP contribution in [0.25, 0.3) is 0 Å². The second kappa shape index (κ2) is 5.83. The van der Waals surface area contributed by atoms with Gasteiger partial charge in [-0.1, -0.05) is 0 Å². The Balaban J connectivity index is 1.93. The van der Waals surface area contributed by atoms with Crippen molar-refractivity contribution in [2.45, 2.75) is 32.7 Å². The Morgan fingerprint density at radius 2 is 2.18 bits per heavy atom. The van der Waals surface area contributed by atoms with Crippen molar-refractivity contribution in [3.8, 4) is 0 Å². The summed E-state index contributed by atoms with van der Waals surface area (Å²) in [4.78, 5) is 6.89. The van der Waals surface area contributed by atoms with Crippen molar-refractivity contribution in [1.82, 2.24) is 9.88 Å². The van der Waals surface area contributed by atoms with E-state index >= 15 is 0 Å². The minimum absolute atomic E-state index is 0.429. The maximum absolute atomic E-state index is 4.38. The first-order chi connectivity index (χ1) is 8.16. The lowest BCUT2D eigenvalue weighted by Gasteiger charge is -2.22. The van der Waals surface area contributed by atoms with Crippen LogP contribution >= 0.6 is 15.9 Å². The fourth-order valence-electron chi connectivity index (χ4n) is 2.27. The lowest BCUT2D eigenvalue weighted by atomic mass is 10.2. The number of hydrogen-bond acceptors (Lipinski definition) is 3. The molecule has 0 radical (unpaired) electrons. The predicted molar refractivity (Wildman–Crippen MR) is 75.4 cm³/mol. The van der Waals surface area contributed by atoms with Crippen LogP contribution in [-0.2, 0) is 0 Å². The van der Waals surface area contributed by atoms with Crippen LogP contribution in [0.4, 0.5) is 5.82 Å². The minimum atomic E-state index is 0.429. The maximum Gasteiger partial charge on any atom is 0.140 e. The van der Waals surface area contributed by atoms with E-state index < -0.39 is 0 Å². The Bertz CT molecular complexity index is 375. The monoisotopic (exact) mass is 297 g/mol. The lowest BCUT2D eigenvalue weighted by molar-refractivity contribution is 0.327. The largest absolute Gasteiger partial charge is 0.365 e. The second-order valence-corrected chi connectivity index (χ2v) is 5.64. The van der Waals surface area contributed by atoms with Gasteiger partial charge in [0.2, 0.25) is 0 Å². The van der Waals surface area contributed by atoms with Gasteiger partial charge in [0.15, 0.2) is 0 Å². The van der Waals surface area contributed by atoms with Gasteiger partial charge in [0.05, 0.1) is 4.47 Å². The quantitative estimate of drug-likeness (QED) is 0.926. The van der Waals surface area contributed by atoms with E-state index in [9.17, 15) is 0 Å². The van der Waals surface area contributed by atoms with Gasteiger partial charge in [0, 0.05) is 18.8 Å². The van der Waals surface area contributed by atoms with Gasteiger partial charge in [-0.05, 0) is 67.3 Å². The summed E-state index contributed by atoms with van der Waals surface area (Å²) < 4.78 is 1.08. The van der Waals surface area contributed by atoms with Crippen LogP contribution in [-0.4, -0.2) is 35.6 Å². The summed E-state index contributed by atoms with van der Waals surface area (Å²) >= 11 is 3.58. The first-order valence-electron chi connectivity index (χ1n) is 6.27. The van der Waals surface area contributed by atoms with Gasteiger partial charge in [-0.15, -0.1) is 0 Å². The first-order valence-corrected chi connectivity index (χ1v) is 7.06. The Kier molecular flexibility index (Phi) is 4.40. The third-order valence-corrected chi connectivity index (χ3v) is 4.20. The molecule has 1 N–H and O–H groups in total. The molecular weight excluding hydrogens is 278 g/mol. The molecule has 2 heterocycles. The fourth-order valence-corrected chi connectivity index (χ4v) is 2.62. The number of rotatable bonds is 4. The molecular formula is C13H20BrN3. The number of likely N-dealkylation sites (tertiary alicyclic amines) is 1. The molecule has 0 aromatic carbocycles. The van der Waals surface area contributed by atoms with Gasteiger partial charge in [-0.2, -0.15) is 0 Å². The smallest absolute Gasteiger partial charge is 0.140 e. The molecule has 1 aliphatic rings. The van der Waals surface area contributed by atoms with Crippen LogP contribution in [0.5, 0.6) is 0 Å². The molecule has 1 saturated heterocycles. The zero-order valence-electron chi connectivity index (χ0n) is 10.5. The maximum atomic E-state index is 4.38. The van der Waals surface area contributed by atoms with Gasteiger partial charge in [0.1, 0.15) is 5.82 Å². The van der Waals surface area contributed by atoms with E-state index in [1.165, 1.54) is 31.5 Å². The van der Waals surface area contributed by atoms with Crippen LogP contribution in [0, 0.1) is 6.92 Å². The molecule has 17 heavy (non-hydrogen) atoms. The van der Waals surface area contributed by atoms with Crippen LogP contribution in [0.2, 0.25) is 0 Å². The zero-order chi connectivity index (χ0) is 12.3. The molecule has 1 unspecified atom stereocenters. The Labute approximate surface area is 112 Å². The van der Waals surface area contributed by atoms with E-state index in [-0.39, 0.29) is 0 Å². The number of hydrogen-bond donors (Lipinski definition) is 1. The van der Waals surface area contributed by atoms with Gasteiger partial charge in [0.25, 0.3) is 0 Å². The molecule has 1 fully saturated rings. The van der Waals surface area contributed by atoms with Crippen molar-refractivity contribution >= 4 is 21.7 Å². The zero-order valence-corrected chi connectivity index (χ0v) is 12.1. The standard InChI is InChI=1S/C13H20BrN3/c1-10-5-6-15-13(12(10)14)16-11(2)9-17-7-3-4-8-17/h5-6,11H,3-4,7-9H2,1-2H3,(H,15,16). The highest BCUT2D eigenvalue weighted by Crippen LogP contribution is 2.24. The fraction of sp³-hybridized carbons (Fsp3) is 0.615. The van der Waals surface area contributed by atoms with E-state index in [1.807, 2.05) is 12.3 Å². The van der Waals surface area contributed by atoms with Crippen molar-refractivity contribution < 1.29 is 0 Å². The molecule has 94 valence electrons. The average molecular weight is 298 g/mol. The molecule has 1 aromatic heterocycles. The lowest BCUT2D eigenvalue weighted by Crippen LogP contribution is -2.33. The molecule has 4 heteroatoms. The summed E-state index contributed by atoms with van der Waals surface area (Å²) in [5.41, 5.74) is 1.22. The number of nitrogens with one attached hydrogen (secondary N) is 1. The Hall–Kier alpha value is -0.610. The van der Waals surface area contributed by atoms with E-state index in [1.54, 1.807) is 0 Å². The highest BCUT2D eigenvalue weighted by atomic mass is 79.9. The second-order valence-electron chi connectivity index (χ2n) is 4.84. The Morgan fingerprint density at radius 1 is 1.47 bits per heavy atom. The molecule has 0 spiro atoms. The van der Waals surface area contributed by atoms with E-state index in [4.69, 9.17) is 0 Å². The first kappa shape index (κ1) is 12.8. The highest BCUT2D eigenvalue weighted by molar-refractivity contribution is 9.10. The van der Waals surface area contributed by atoms with Gasteiger partial charge in [-0.25, -0.2) is 4.98 Å². The Morgan fingerprint density at radius 3 is 2.88 bits per heavy atom. The van der Waals surface area contributed by atoms with Crippen molar-refractivity contribution in [3.05, 3.63) is 22.3 Å². The predicted octanol–water partition coefficient (Wildman–Crippen LogP) is 3.05. The van der Waals surface area contributed by atoms with E-state index in [0.717, 1.165) is 16.8 Å². The number of aryl methyl sites for hydroxylation is 1. The van der Waals surface area contributed by atoms with Crippen molar-refractivity contribution in [2.24, 2.45) is 0 Å². The molecule has 1 atom stereocenters. The van der Waals surface area contributed by atoms with Gasteiger partial charge < -0.3 is 10.2 Å². The van der Waals surface area contributed by atoms with Crippen molar-refractivity contribution in [1.29, 1.82) is 0 Å². The molecule has 0 bridgehead atoms. The molecule has 0 aliphatic carbocycles. The molecule has 1 aromatic rings. The topological polar surface area (TPSA) is 28.2 Å². The number of aromatic nitrogens is 1. The van der Waals surface area contributed by atoms with Crippen molar-refractivity contribution in [2.75, 3.05) is 25.0 Å². The molecule has 0 amide bonds. The third kappa shape index (κ3) is 3.42. The summed E-state index contributed by atoms with van der Waals surface area (Å²) in [7, 11) is 0. The van der Waals surface area contributed by atoms with Crippen LogP contribution in [0.1, 0.15) is 25.3 Å². The number of nitrogens with zero attached hydrogens (tertiary/aromatic N) is 2. The van der Waals surface area contributed by atoms with Crippen molar-refractivity contribution in [3.63, 3.8) is 0 Å². The molecule has 0 saturated carbocycles. The summed E-state index contributed by atoms with van der Waals surface area (Å²) in [5, 5.41) is 3.48. The molecule has 1 aliphatic heterocycles. The van der Waals surface area contributed by atoms with Crippen LogP contribution in [0.3, 0.4) is 0 Å². The van der Waals surface area contributed by atoms with E-state index in [0.29, 0.717) is 6.04 Å². The summed E-state index contributed by atoms with van der Waals surface area (Å²) in [5.74, 6) is 0.955. The number of halogens is 1. The molecule has 3 nitrogen and oxygen atoms in total. The van der Waals surface area contributed by atoms with E-state index in [2.05, 4.69) is 45.0 Å². The number of anilines is 1. The molecule has 2 rings (SSSR count). The minimum Gasteiger partial charge on any atom is -0.365 e. The SMILES string of the molecule is Cc1ccnc(NC(C)CN2CCCC2)c1Br. The summed E-state index contributed by atoms with van der Waals surface area (Å²) in [6.07, 6.45) is 4.54. The van der Waals surface area contributed by atoms with Crippen LogP contribution < -0.4 is 5.32 Å². The van der Waals surface area contributed by atoms with Gasteiger partial charge >= 0.3 is 0 Å². The summed E-state index contributed by atoms with van der Waals surface area (Å²) in [6, 6.07) is 2.44. The van der Waals surface area contributed by atoms with Crippen LogP contribution in [0.15, 0.2) is 16.7 Å². The van der Waals surface area contributed by atoms with Gasteiger partial charge in [-0.3, -0.25) is 0 Å².